The summed E-state index contributed by atoms with van der Waals surface area (Å²) in [7, 11) is 0. The number of nitrogens with one attached hydrogen (secondary N) is 1. The van der Waals surface area contributed by atoms with Crippen LogP contribution in [-0.4, -0.2) is 33.1 Å². The lowest BCUT2D eigenvalue weighted by Gasteiger charge is -2.23. The lowest BCUT2D eigenvalue weighted by Crippen LogP contribution is -2.27. The molecule has 20 heavy (non-hydrogen) atoms. The largest absolute Gasteiger partial charge is 0.478 e. The third-order valence-electron chi connectivity index (χ3n) is 3.72. The molecule has 1 aliphatic rings. The Kier molecular flexibility index (Phi) is 4.91. The van der Waals surface area contributed by atoms with Crippen molar-refractivity contribution in [2.75, 3.05) is 11.1 Å². The van der Waals surface area contributed by atoms with E-state index >= 15 is 0 Å². The van der Waals surface area contributed by atoms with Crippen LogP contribution < -0.4 is 5.32 Å². The minimum atomic E-state index is -0.907. The van der Waals surface area contributed by atoms with E-state index in [9.17, 15) is 9.90 Å². The fourth-order valence-corrected chi connectivity index (χ4v) is 4.11. The summed E-state index contributed by atoms with van der Waals surface area (Å²) in [5.74, 6) is 0.193. The minimum Gasteiger partial charge on any atom is -0.478 e. The number of carboxylic acid groups (broad SMARTS) is 1. The molecule has 0 aliphatic heterocycles. The Labute approximate surface area is 124 Å². The van der Waals surface area contributed by atoms with E-state index in [0.29, 0.717) is 22.5 Å². The van der Waals surface area contributed by atoms with E-state index < -0.39 is 5.97 Å². The highest BCUT2D eigenvalue weighted by Gasteiger charge is 2.28. The van der Waals surface area contributed by atoms with E-state index in [1.54, 1.807) is 6.92 Å². The third-order valence-corrected chi connectivity index (χ3v) is 5.04. The van der Waals surface area contributed by atoms with Crippen molar-refractivity contribution in [2.45, 2.75) is 51.3 Å². The number of aromatic carboxylic acids is 1. The van der Waals surface area contributed by atoms with Gasteiger partial charge in [0.1, 0.15) is 5.56 Å². The minimum absolute atomic E-state index is 0.308. The van der Waals surface area contributed by atoms with Crippen molar-refractivity contribution in [1.29, 1.82) is 0 Å². The molecule has 4 nitrogen and oxygen atoms in total. The molecule has 5 heteroatoms. The van der Waals surface area contributed by atoms with Crippen LogP contribution in [0, 0.1) is 13.8 Å². The van der Waals surface area contributed by atoms with Crippen LogP contribution in [0.4, 0.5) is 5.69 Å². The van der Waals surface area contributed by atoms with Gasteiger partial charge in [0.2, 0.25) is 0 Å². The first-order chi connectivity index (χ1) is 9.52. The topological polar surface area (TPSA) is 62.2 Å². The molecule has 1 aliphatic carbocycles. The summed E-state index contributed by atoms with van der Waals surface area (Å²) in [6, 6.07) is 2.21. The van der Waals surface area contributed by atoms with E-state index in [4.69, 9.17) is 0 Å². The average Bonchev–Trinajstić information content (AvgIpc) is 2.75. The number of pyridine rings is 1. The molecule has 0 radical (unpaired) electrons. The Balaban J connectivity index is 2.26. The molecule has 0 saturated heterocycles. The number of hydrogen-bond acceptors (Lipinski definition) is 4. The van der Waals surface area contributed by atoms with Gasteiger partial charge < -0.3 is 10.4 Å². The molecule has 2 N–H and O–H groups in total. The third kappa shape index (κ3) is 3.26. The normalized spacial score (nSPS) is 21.9. The Bertz CT molecular complexity index is 505. The van der Waals surface area contributed by atoms with Crippen LogP contribution in [0.25, 0.3) is 0 Å². The number of aryl methyl sites for hydroxylation is 2. The molecule has 1 aromatic rings. The van der Waals surface area contributed by atoms with Crippen LogP contribution in [0.15, 0.2) is 6.07 Å². The molecule has 2 atom stereocenters. The molecule has 1 fully saturated rings. The Morgan fingerprint density at radius 3 is 2.90 bits per heavy atom. The Morgan fingerprint density at radius 1 is 1.50 bits per heavy atom. The summed E-state index contributed by atoms with van der Waals surface area (Å²) < 4.78 is 0. The van der Waals surface area contributed by atoms with Gasteiger partial charge in [0.05, 0.1) is 11.4 Å². The SMILES string of the molecule is CCSC1CCCC1Nc1cc(C)nc(C)c1C(=O)O. The van der Waals surface area contributed by atoms with E-state index in [-0.39, 0.29) is 0 Å². The van der Waals surface area contributed by atoms with Gasteiger partial charge in [-0.05, 0) is 38.5 Å². The van der Waals surface area contributed by atoms with Gasteiger partial charge in [0, 0.05) is 17.0 Å². The van der Waals surface area contributed by atoms with Crippen LogP contribution >= 0.6 is 11.8 Å². The summed E-state index contributed by atoms with van der Waals surface area (Å²) in [5.41, 5.74) is 2.46. The van der Waals surface area contributed by atoms with Crippen LogP contribution in [0.5, 0.6) is 0 Å². The molecule has 110 valence electrons. The van der Waals surface area contributed by atoms with E-state index in [1.807, 2.05) is 24.8 Å². The van der Waals surface area contributed by atoms with Crippen LogP contribution in [0.2, 0.25) is 0 Å². The molecule has 0 aromatic carbocycles. The van der Waals surface area contributed by atoms with Crippen molar-refractivity contribution in [2.24, 2.45) is 0 Å². The standard InChI is InChI=1S/C15H22N2O2S/c1-4-20-13-7-5-6-11(13)17-12-8-9(2)16-10(3)14(12)15(18)19/h8,11,13H,4-7H2,1-3H3,(H,16,17)(H,18,19). The zero-order valence-corrected chi connectivity index (χ0v) is 13.1. The van der Waals surface area contributed by atoms with Gasteiger partial charge in [0.15, 0.2) is 0 Å². The molecule has 0 amide bonds. The van der Waals surface area contributed by atoms with Gasteiger partial charge in [-0.25, -0.2) is 4.79 Å². The van der Waals surface area contributed by atoms with Crippen molar-refractivity contribution >= 4 is 23.4 Å². The number of anilines is 1. The molecular weight excluding hydrogens is 272 g/mol. The van der Waals surface area contributed by atoms with E-state index in [1.165, 1.54) is 12.8 Å². The summed E-state index contributed by atoms with van der Waals surface area (Å²) in [4.78, 5) is 15.7. The quantitative estimate of drug-likeness (QED) is 0.870. The van der Waals surface area contributed by atoms with Gasteiger partial charge in [-0.2, -0.15) is 11.8 Å². The summed E-state index contributed by atoms with van der Waals surface area (Å²) in [6.07, 6.45) is 3.53. The molecule has 1 aromatic heterocycles. The van der Waals surface area contributed by atoms with Crippen LogP contribution in [0.3, 0.4) is 0 Å². The molecule has 0 bridgehead atoms. The van der Waals surface area contributed by atoms with Gasteiger partial charge in [-0.3, -0.25) is 4.98 Å². The Hall–Kier alpha value is -1.23. The second-order valence-electron chi connectivity index (χ2n) is 5.25. The van der Waals surface area contributed by atoms with Crippen molar-refractivity contribution in [1.82, 2.24) is 4.98 Å². The summed E-state index contributed by atoms with van der Waals surface area (Å²) in [5, 5.41) is 13.4. The van der Waals surface area contributed by atoms with Gasteiger partial charge in [-0.1, -0.05) is 13.3 Å². The first-order valence-corrected chi connectivity index (χ1v) is 8.17. The molecule has 2 rings (SSSR count). The number of carbonyl (C=O) groups is 1. The van der Waals surface area contributed by atoms with Crippen molar-refractivity contribution < 1.29 is 9.90 Å². The lowest BCUT2D eigenvalue weighted by molar-refractivity contribution is 0.0696. The molecular formula is C15H22N2O2S. The smallest absolute Gasteiger partial charge is 0.339 e. The number of rotatable bonds is 5. The van der Waals surface area contributed by atoms with Crippen LogP contribution in [0.1, 0.15) is 47.9 Å². The average molecular weight is 294 g/mol. The fraction of sp³-hybridized carbons (Fsp3) is 0.600. The highest BCUT2D eigenvalue weighted by Crippen LogP contribution is 2.33. The van der Waals surface area contributed by atoms with E-state index in [2.05, 4.69) is 17.2 Å². The maximum Gasteiger partial charge on any atom is 0.339 e. The summed E-state index contributed by atoms with van der Waals surface area (Å²) in [6.45, 7) is 5.83. The second kappa shape index (κ2) is 6.48. The highest BCUT2D eigenvalue weighted by atomic mass is 32.2. The summed E-state index contributed by atoms with van der Waals surface area (Å²) >= 11 is 1.96. The zero-order chi connectivity index (χ0) is 14.7. The first kappa shape index (κ1) is 15.2. The lowest BCUT2D eigenvalue weighted by atomic mass is 10.1. The first-order valence-electron chi connectivity index (χ1n) is 7.12. The number of hydrogen-bond donors (Lipinski definition) is 2. The maximum atomic E-state index is 11.4. The Morgan fingerprint density at radius 2 is 2.25 bits per heavy atom. The zero-order valence-electron chi connectivity index (χ0n) is 12.3. The van der Waals surface area contributed by atoms with Gasteiger partial charge >= 0.3 is 5.97 Å². The van der Waals surface area contributed by atoms with E-state index in [0.717, 1.165) is 23.6 Å². The van der Waals surface area contributed by atoms with Gasteiger partial charge in [0.25, 0.3) is 0 Å². The highest BCUT2D eigenvalue weighted by molar-refractivity contribution is 7.99. The monoisotopic (exact) mass is 294 g/mol. The number of aromatic nitrogens is 1. The van der Waals surface area contributed by atoms with Crippen molar-refractivity contribution in [3.63, 3.8) is 0 Å². The molecule has 1 heterocycles. The predicted octanol–water partition coefficient (Wildman–Crippen LogP) is 3.48. The van der Waals surface area contributed by atoms with Gasteiger partial charge in [-0.15, -0.1) is 0 Å². The predicted molar refractivity (Wildman–Crippen MR) is 83.9 cm³/mol. The van der Waals surface area contributed by atoms with Crippen molar-refractivity contribution in [3.8, 4) is 0 Å². The molecule has 2 unspecified atom stereocenters. The second-order valence-corrected chi connectivity index (χ2v) is 6.77. The maximum absolute atomic E-state index is 11.4. The van der Waals surface area contributed by atoms with Crippen molar-refractivity contribution in [3.05, 3.63) is 23.0 Å². The fourth-order valence-electron chi connectivity index (χ4n) is 2.92. The number of nitrogens with zero attached hydrogens (tertiary/aromatic N) is 1. The number of thioether (sulfide) groups is 1. The molecule has 0 spiro atoms. The van der Waals surface area contributed by atoms with Crippen LogP contribution in [-0.2, 0) is 0 Å². The molecule has 1 saturated carbocycles. The number of carboxylic acids is 1.